The highest BCUT2D eigenvalue weighted by Gasteiger charge is 2.27. The number of ether oxygens (including phenoxy) is 1. The molecule has 1 N–H and O–H groups in total. The molecule has 1 amide bonds. The summed E-state index contributed by atoms with van der Waals surface area (Å²) in [6.07, 6.45) is 2.75. The van der Waals surface area contributed by atoms with Crippen LogP contribution in [0, 0.1) is 5.92 Å². The van der Waals surface area contributed by atoms with Crippen LogP contribution < -0.4 is 5.32 Å². The van der Waals surface area contributed by atoms with Crippen molar-refractivity contribution in [3.8, 4) is 0 Å². The first-order valence-corrected chi connectivity index (χ1v) is 6.24. The summed E-state index contributed by atoms with van der Waals surface area (Å²) in [5, 5.41) is 2.84. The van der Waals surface area contributed by atoms with Crippen molar-refractivity contribution in [2.45, 2.75) is 26.2 Å². The van der Waals surface area contributed by atoms with E-state index in [0.717, 1.165) is 25.8 Å². The van der Waals surface area contributed by atoms with Crippen LogP contribution >= 0.6 is 0 Å². The van der Waals surface area contributed by atoms with Crippen LogP contribution in [-0.4, -0.2) is 50.1 Å². The van der Waals surface area contributed by atoms with E-state index in [1.165, 1.54) is 7.11 Å². The molecule has 0 aromatic rings. The molecule has 0 aromatic carbocycles. The molecule has 17 heavy (non-hydrogen) atoms. The Morgan fingerprint density at radius 3 is 2.88 bits per heavy atom. The lowest BCUT2D eigenvalue weighted by molar-refractivity contribution is -0.147. The summed E-state index contributed by atoms with van der Waals surface area (Å²) in [7, 11) is 1.41. The van der Waals surface area contributed by atoms with Gasteiger partial charge in [0.05, 0.1) is 19.6 Å². The zero-order valence-electron chi connectivity index (χ0n) is 10.7. The van der Waals surface area contributed by atoms with Gasteiger partial charge < -0.3 is 10.1 Å². The zero-order valence-corrected chi connectivity index (χ0v) is 10.7. The Morgan fingerprint density at radius 2 is 2.24 bits per heavy atom. The Kier molecular flexibility index (Phi) is 5.97. The zero-order chi connectivity index (χ0) is 12.7. The highest BCUT2D eigenvalue weighted by Crippen LogP contribution is 2.17. The number of carbonyl (C=O) groups excluding carboxylic acids is 2. The quantitative estimate of drug-likeness (QED) is 0.709. The summed E-state index contributed by atoms with van der Waals surface area (Å²) in [6, 6.07) is 0. The van der Waals surface area contributed by atoms with Crippen LogP contribution in [0.25, 0.3) is 0 Å². The molecule has 0 bridgehead atoms. The summed E-state index contributed by atoms with van der Waals surface area (Å²) in [5.74, 6) is -0.200. The van der Waals surface area contributed by atoms with Crippen molar-refractivity contribution in [1.82, 2.24) is 10.2 Å². The molecule has 1 atom stereocenters. The molecule has 1 rings (SSSR count). The molecule has 0 aliphatic carbocycles. The summed E-state index contributed by atoms with van der Waals surface area (Å²) in [4.78, 5) is 25.0. The molecule has 98 valence electrons. The van der Waals surface area contributed by atoms with E-state index in [4.69, 9.17) is 4.74 Å². The van der Waals surface area contributed by atoms with Gasteiger partial charge in [-0.15, -0.1) is 0 Å². The van der Waals surface area contributed by atoms with Crippen molar-refractivity contribution >= 4 is 11.9 Å². The predicted octanol–water partition coefficient (Wildman–Crippen LogP) is 0.398. The molecule has 0 aromatic heterocycles. The molecule has 0 radical (unpaired) electrons. The molecule has 5 nitrogen and oxygen atoms in total. The number of likely N-dealkylation sites (tertiary alicyclic amines) is 1. The lowest BCUT2D eigenvalue weighted by atomic mass is 9.98. The Labute approximate surface area is 102 Å². The van der Waals surface area contributed by atoms with E-state index in [9.17, 15) is 9.59 Å². The van der Waals surface area contributed by atoms with Crippen molar-refractivity contribution < 1.29 is 14.3 Å². The molecule has 5 heteroatoms. The van der Waals surface area contributed by atoms with Crippen LogP contribution in [0.4, 0.5) is 0 Å². The minimum absolute atomic E-state index is 0.0392. The van der Waals surface area contributed by atoms with E-state index in [2.05, 4.69) is 5.32 Å². The Bertz CT molecular complexity index is 268. The first-order chi connectivity index (χ1) is 8.17. The molecule has 1 saturated heterocycles. The predicted molar refractivity (Wildman–Crippen MR) is 64.5 cm³/mol. The second-order valence-electron chi connectivity index (χ2n) is 4.45. The fourth-order valence-electron chi connectivity index (χ4n) is 2.08. The summed E-state index contributed by atoms with van der Waals surface area (Å²) >= 11 is 0. The van der Waals surface area contributed by atoms with Gasteiger partial charge in [-0.2, -0.15) is 0 Å². The lowest BCUT2D eigenvalue weighted by Gasteiger charge is -2.30. The Morgan fingerprint density at radius 1 is 1.47 bits per heavy atom. The van der Waals surface area contributed by atoms with Crippen LogP contribution in [0.3, 0.4) is 0 Å². The number of amides is 1. The Balaban J connectivity index is 2.34. The number of esters is 1. The van der Waals surface area contributed by atoms with Gasteiger partial charge in [0.25, 0.3) is 0 Å². The lowest BCUT2D eigenvalue weighted by Crippen LogP contribution is -2.44. The number of nitrogens with zero attached hydrogens (tertiary/aromatic N) is 1. The van der Waals surface area contributed by atoms with Crippen molar-refractivity contribution in [2.24, 2.45) is 5.92 Å². The first-order valence-electron chi connectivity index (χ1n) is 6.24. The average molecular weight is 242 g/mol. The van der Waals surface area contributed by atoms with Crippen molar-refractivity contribution in [3.05, 3.63) is 0 Å². The Hall–Kier alpha value is -1.10. The molecule has 1 heterocycles. The van der Waals surface area contributed by atoms with Crippen LogP contribution in [0.15, 0.2) is 0 Å². The maximum absolute atomic E-state index is 11.5. The number of nitrogens with one attached hydrogen (secondary N) is 1. The highest BCUT2D eigenvalue weighted by molar-refractivity contribution is 5.78. The molecular formula is C12H22N2O3. The number of methoxy groups -OCH3 is 1. The van der Waals surface area contributed by atoms with Crippen LogP contribution in [0.5, 0.6) is 0 Å². The standard InChI is InChI=1S/C12H22N2O3/c1-3-6-13-11(15)9-14-7-4-5-10(8-14)12(16)17-2/h10H,3-9H2,1-2H3,(H,13,15). The van der Waals surface area contributed by atoms with Gasteiger partial charge in [0.15, 0.2) is 0 Å². The number of hydrogen-bond acceptors (Lipinski definition) is 4. The van der Waals surface area contributed by atoms with E-state index in [1.807, 2.05) is 11.8 Å². The van der Waals surface area contributed by atoms with Gasteiger partial charge in [-0.1, -0.05) is 6.92 Å². The summed E-state index contributed by atoms with van der Waals surface area (Å²) in [5.41, 5.74) is 0. The molecule has 1 aliphatic rings. The topological polar surface area (TPSA) is 58.6 Å². The number of carbonyl (C=O) groups is 2. The molecule has 0 spiro atoms. The van der Waals surface area contributed by atoms with Crippen molar-refractivity contribution in [2.75, 3.05) is 33.3 Å². The molecule has 1 unspecified atom stereocenters. The van der Waals surface area contributed by atoms with E-state index in [0.29, 0.717) is 19.6 Å². The normalized spacial score (nSPS) is 20.9. The fourth-order valence-corrected chi connectivity index (χ4v) is 2.08. The molecule has 1 aliphatic heterocycles. The molecule has 0 saturated carbocycles. The third-order valence-electron chi connectivity index (χ3n) is 2.98. The maximum Gasteiger partial charge on any atom is 0.309 e. The van der Waals surface area contributed by atoms with E-state index in [1.54, 1.807) is 0 Å². The number of piperidine rings is 1. The minimum Gasteiger partial charge on any atom is -0.469 e. The van der Waals surface area contributed by atoms with Gasteiger partial charge in [-0.05, 0) is 25.8 Å². The molecular weight excluding hydrogens is 220 g/mol. The fraction of sp³-hybridized carbons (Fsp3) is 0.833. The third kappa shape index (κ3) is 4.73. The first kappa shape index (κ1) is 14.0. The van der Waals surface area contributed by atoms with Gasteiger partial charge in [0, 0.05) is 13.1 Å². The average Bonchev–Trinajstić information content (AvgIpc) is 2.35. The van der Waals surface area contributed by atoms with E-state index < -0.39 is 0 Å². The second kappa shape index (κ2) is 7.27. The number of hydrogen-bond donors (Lipinski definition) is 1. The minimum atomic E-state index is -0.163. The van der Waals surface area contributed by atoms with Crippen LogP contribution in [0.2, 0.25) is 0 Å². The smallest absolute Gasteiger partial charge is 0.309 e. The van der Waals surface area contributed by atoms with Gasteiger partial charge in [0.1, 0.15) is 0 Å². The van der Waals surface area contributed by atoms with Gasteiger partial charge in [-0.25, -0.2) is 0 Å². The van der Waals surface area contributed by atoms with Crippen LogP contribution in [-0.2, 0) is 14.3 Å². The van der Waals surface area contributed by atoms with Crippen molar-refractivity contribution in [3.63, 3.8) is 0 Å². The highest BCUT2D eigenvalue weighted by atomic mass is 16.5. The monoisotopic (exact) mass is 242 g/mol. The van der Waals surface area contributed by atoms with E-state index in [-0.39, 0.29) is 17.8 Å². The van der Waals surface area contributed by atoms with Crippen molar-refractivity contribution in [1.29, 1.82) is 0 Å². The van der Waals surface area contributed by atoms with Crippen LogP contribution in [0.1, 0.15) is 26.2 Å². The molecule has 1 fully saturated rings. The SMILES string of the molecule is CCCNC(=O)CN1CCCC(C(=O)OC)C1. The number of rotatable bonds is 5. The van der Waals surface area contributed by atoms with Gasteiger partial charge in [-0.3, -0.25) is 14.5 Å². The maximum atomic E-state index is 11.5. The van der Waals surface area contributed by atoms with E-state index >= 15 is 0 Å². The summed E-state index contributed by atoms with van der Waals surface area (Å²) < 4.78 is 4.74. The van der Waals surface area contributed by atoms with Gasteiger partial charge in [0.2, 0.25) is 5.91 Å². The third-order valence-corrected chi connectivity index (χ3v) is 2.98. The summed E-state index contributed by atoms with van der Waals surface area (Å²) in [6.45, 7) is 4.63. The second-order valence-corrected chi connectivity index (χ2v) is 4.45. The van der Waals surface area contributed by atoms with Gasteiger partial charge >= 0.3 is 5.97 Å². The largest absolute Gasteiger partial charge is 0.469 e.